The maximum Gasteiger partial charge on any atom is 0.0221 e. The first-order valence-corrected chi connectivity index (χ1v) is 7.76. The molecule has 3 aliphatic rings. The van der Waals surface area contributed by atoms with Gasteiger partial charge in [-0.05, 0) is 50.4 Å². The summed E-state index contributed by atoms with van der Waals surface area (Å²) in [6.45, 7) is 8.54. The van der Waals surface area contributed by atoms with Gasteiger partial charge >= 0.3 is 0 Å². The molecule has 2 nitrogen and oxygen atoms in total. The van der Waals surface area contributed by atoms with Gasteiger partial charge in [-0.25, -0.2) is 0 Å². The van der Waals surface area contributed by atoms with Crippen LogP contribution in [0.25, 0.3) is 0 Å². The molecule has 0 amide bonds. The number of nitrogens with zero attached hydrogens (tertiary/aromatic N) is 1. The van der Waals surface area contributed by atoms with E-state index in [1.165, 1.54) is 45.3 Å². The number of hydrogen-bond donors (Lipinski definition) is 1. The lowest BCUT2D eigenvalue weighted by Crippen LogP contribution is -2.56. The van der Waals surface area contributed by atoms with Gasteiger partial charge in [0.1, 0.15) is 0 Å². The highest BCUT2D eigenvalue weighted by molar-refractivity contribution is 4.96. The van der Waals surface area contributed by atoms with Gasteiger partial charge in [-0.1, -0.05) is 13.3 Å². The van der Waals surface area contributed by atoms with Gasteiger partial charge in [-0.15, -0.1) is 0 Å². The monoisotopic (exact) mass is 236 g/mol. The second-order valence-electron chi connectivity index (χ2n) is 6.58. The molecule has 5 unspecified atom stereocenters. The Hall–Kier alpha value is -0.0800. The molecule has 0 aromatic carbocycles. The molecule has 2 saturated carbocycles. The molecule has 3 fully saturated rings. The van der Waals surface area contributed by atoms with E-state index in [-0.39, 0.29) is 0 Å². The minimum Gasteiger partial charge on any atom is -0.314 e. The fourth-order valence-electron chi connectivity index (χ4n) is 4.82. The van der Waals surface area contributed by atoms with Crippen LogP contribution < -0.4 is 5.32 Å². The molecule has 5 atom stereocenters. The molecule has 1 saturated heterocycles. The molecule has 1 heterocycles. The van der Waals surface area contributed by atoms with Crippen LogP contribution in [0.15, 0.2) is 0 Å². The van der Waals surface area contributed by atoms with Crippen LogP contribution in [0.1, 0.15) is 46.0 Å². The average molecular weight is 236 g/mol. The molecular formula is C15H28N2. The maximum atomic E-state index is 3.55. The van der Waals surface area contributed by atoms with Crippen molar-refractivity contribution in [3.8, 4) is 0 Å². The minimum absolute atomic E-state index is 0.790. The Kier molecular flexibility index (Phi) is 3.45. The van der Waals surface area contributed by atoms with Crippen molar-refractivity contribution in [2.75, 3.05) is 19.6 Å². The molecule has 1 N–H and O–H groups in total. The second kappa shape index (κ2) is 4.89. The van der Waals surface area contributed by atoms with Crippen LogP contribution >= 0.6 is 0 Å². The molecule has 1 aliphatic heterocycles. The summed E-state index contributed by atoms with van der Waals surface area (Å²) in [5.74, 6) is 3.18. The summed E-state index contributed by atoms with van der Waals surface area (Å²) in [4.78, 5) is 2.82. The first-order valence-electron chi connectivity index (χ1n) is 7.76. The van der Waals surface area contributed by atoms with Crippen molar-refractivity contribution in [1.29, 1.82) is 0 Å². The number of rotatable bonds is 3. The molecule has 0 radical (unpaired) electrons. The Morgan fingerprint density at radius 1 is 1.29 bits per heavy atom. The Balaban J connectivity index is 1.66. The summed E-state index contributed by atoms with van der Waals surface area (Å²) in [7, 11) is 0. The Bertz CT molecular complexity index is 266. The van der Waals surface area contributed by atoms with Crippen LogP contribution in [-0.4, -0.2) is 36.6 Å². The van der Waals surface area contributed by atoms with E-state index >= 15 is 0 Å². The minimum atomic E-state index is 0.790. The topological polar surface area (TPSA) is 15.3 Å². The van der Waals surface area contributed by atoms with Crippen LogP contribution in [0.3, 0.4) is 0 Å². The average Bonchev–Trinajstić information content (AvgIpc) is 3.00. The molecular weight excluding hydrogens is 208 g/mol. The SMILES string of the molecule is CCC1CNCCN1C(C)C1CC2CCC1C2. The predicted octanol–water partition coefficient (Wildman–Crippen LogP) is 2.49. The summed E-state index contributed by atoms with van der Waals surface area (Å²) in [6, 6.07) is 1.62. The quantitative estimate of drug-likeness (QED) is 0.810. The zero-order chi connectivity index (χ0) is 11.8. The zero-order valence-corrected chi connectivity index (χ0v) is 11.5. The summed E-state index contributed by atoms with van der Waals surface area (Å²) < 4.78 is 0. The van der Waals surface area contributed by atoms with Gasteiger partial charge in [-0.2, -0.15) is 0 Å². The van der Waals surface area contributed by atoms with E-state index in [0.29, 0.717) is 0 Å². The third-order valence-electron chi connectivity index (χ3n) is 5.80. The molecule has 98 valence electrons. The van der Waals surface area contributed by atoms with Crippen molar-refractivity contribution in [2.24, 2.45) is 17.8 Å². The van der Waals surface area contributed by atoms with Gasteiger partial charge < -0.3 is 5.32 Å². The molecule has 17 heavy (non-hydrogen) atoms. The van der Waals surface area contributed by atoms with E-state index in [1.54, 1.807) is 6.42 Å². The normalized spacial score (nSPS) is 44.1. The summed E-state index contributed by atoms with van der Waals surface area (Å²) >= 11 is 0. The van der Waals surface area contributed by atoms with Crippen LogP contribution in [0.4, 0.5) is 0 Å². The Morgan fingerprint density at radius 2 is 2.18 bits per heavy atom. The standard InChI is InChI=1S/C15H28N2/c1-3-14-10-16-6-7-17(14)11(2)15-9-12-4-5-13(15)8-12/h11-16H,3-10H2,1-2H3. The Morgan fingerprint density at radius 3 is 2.82 bits per heavy atom. The summed E-state index contributed by atoms with van der Waals surface area (Å²) in [5, 5.41) is 3.55. The third-order valence-corrected chi connectivity index (χ3v) is 5.80. The lowest BCUT2D eigenvalue weighted by Gasteiger charge is -2.44. The van der Waals surface area contributed by atoms with Gasteiger partial charge in [0.15, 0.2) is 0 Å². The Labute approximate surface area is 106 Å². The van der Waals surface area contributed by atoms with E-state index in [1.807, 2.05) is 0 Å². The van der Waals surface area contributed by atoms with E-state index in [9.17, 15) is 0 Å². The van der Waals surface area contributed by atoms with Crippen molar-refractivity contribution in [1.82, 2.24) is 10.2 Å². The highest BCUT2D eigenvalue weighted by Gasteiger charge is 2.44. The molecule has 3 rings (SSSR count). The number of fused-ring (bicyclic) bond motifs is 2. The molecule has 2 heteroatoms. The maximum absolute atomic E-state index is 3.55. The molecule has 0 aromatic rings. The van der Waals surface area contributed by atoms with E-state index in [2.05, 4.69) is 24.1 Å². The predicted molar refractivity (Wildman–Crippen MR) is 72.1 cm³/mol. The molecule has 2 aliphatic carbocycles. The van der Waals surface area contributed by atoms with Crippen LogP contribution in [0.5, 0.6) is 0 Å². The number of piperazine rings is 1. The fraction of sp³-hybridized carbons (Fsp3) is 1.00. The number of hydrogen-bond acceptors (Lipinski definition) is 2. The van der Waals surface area contributed by atoms with Crippen molar-refractivity contribution in [3.05, 3.63) is 0 Å². The summed E-state index contributed by atoms with van der Waals surface area (Å²) in [6.07, 6.45) is 7.46. The van der Waals surface area contributed by atoms with Crippen molar-refractivity contribution < 1.29 is 0 Å². The van der Waals surface area contributed by atoms with Gasteiger partial charge in [0.05, 0.1) is 0 Å². The van der Waals surface area contributed by atoms with Gasteiger partial charge in [-0.3, -0.25) is 4.90 Å². The number of nitrogens with one attached hydrogen (secondary N) is 1. The van der Waals surface area contributed by atoms with Crippen LogP contribution in [-0.2, 0) is 0 Å². The van der Waals surface area contributed by atoms with Crippen LogP contribution in [0, 0.1) is 17.8 Å². The molecule has 2 bridgehead atoms. The lowest BCUT2D eigenvalue weighted by atomic mass is 9.82. The summed E-state index contributed by atoms with van der Waals surface area (Å²) in [5.41, 5.74) is 0. The highest BCUT2D eigenvalue weighted by atomic mass is 15.2. The largest absolute Gasteiger partial charge is 0.314 e. The fourth-order valence-corrected chi connectivity index (χ4v) is 4.82. The van der Waals surface area contributed by atoms with Gasteiger partial charge in [0, 0.05) is 31.7 Å². The highest BCUT2D eigenvalue weighted by Crippen LogP contribution is 2.50. The van der Waals surface area contributed by atoms with Gasteiger partial charge in [0.2, 0.25) is 0 Å². The second-order valence-corrected chi connectivity index (χ2v) is 6.58. The van der Waals surface area contributed by atoms with Crippen molar-refractivity contribution in [2.45, 2.75) is 58.0 Å². The van der Waals surface area contributed by atoms with Crippen molar-refractivity contribution in [3.63, 3.8) is 0 Å². The lowest BCUT2D eigenvalue weighted by molar-refractivity contribution is 0.0588. The third kappa shape index (κ3) is 2.15. The smallest absolute Gasteiger partial charge is 0.0221 e. The van der Waals surface area contributed by atoms with Crippen molar-refractivity contribution >= 4 is 0 Å². The first kappa shape index (κ1) is 12.0. The van der Waals surface area contributed by atoms with E-state index in [0.717, 1.165) is 29.8 Å². The van der Waals surface area contributed by atoms with Crippen LogP contribution in [0.2, 0.25) is 0 Å². The zero-order valence-electron chi connectivity index (χ0n) is 11.5. The van der Waals surface area contributed by atoms with E-state index < -0.39 is 0 Å². The first-order chi connectivity index (χ1) is 8.29. The van der Waals surface area contributed by atoms with E-state index in [4.69, 9.17) is 0 Å². The van der Waals surface area contributed by atoms with Gasteiger partial charge in [0.25, 0.3) is 0 Å². The molecule has 0 spiro atoms. The molecule has 0 aromatic heterocycles.